The van der Waals surface area contributed by atoms with Crippen molar-refractivity contribution in [1.82, 2.24) is 9.29 Å². The van der Waals surface area contributed by atoms with E-state index in [0.29, 0.717) is 22.7 Å². The van der Waals surface area contributed by atoms with Crippen LogP contribution in [0.25, 0.3) is 0 Å². The van der Waals surface area contributed by atoms with Gasteiger partial charge >= 0.3 is 0 Å². The first-order valence-electron chi connectivity index (χ1n) is 8.83. The SMILES string of the molecule is Cc1ccc([N+](=O)[O-])cc1S(=O)(=O)N1CCc2nc(NC(=O)c3ccsc3)sc2C1. The number of non-ortho nitro benzene ring substituents is 1. The van der Waals surface area contributed by atoms with E-state index in [1.54, 1.807) is 23.8 Å². The van der Waals surface area contributed by atoms with Crippen LogP contribution in [0.1, 0.15) is 26.5 Å². The number of nitrogens with one attached hydrogen (secondary N) is 1. The number of nitrogens with zero attached hydrogens (tertiary/aromatic N) is 3. The zero-order valence-electron chi connectivity index (χ0n) is 15.7. The van der Waals surface area contributed by atoms with Crippen molar-refractivity contribution in [3.05, 3.63) is 66.8 Å². The Balaban J connectivity index is 1.57. The number of hydrogen-bond acceptors (Lipinski definition) is 8. The molecule has 1 N–H and O–H groups in total. The largest absolute Gasteiger partial charge is 0.298 e. The van der Waals surface area contributed by atoms with E-state index in [-0.39, 0.29) is 29.6 Å². The number of anilines is 1. The average Bonchev–Trinajstić information content (AvgIpc) is 3.36. The number of nitro groups is 1. The molecule has 0 unspecified atom stereocenters. The van der Waals surface area contributed by atoms with Gasteiger partial charge in [0.1, 0.15) is 0 Å². The zero-order chi connectivity index (χ0) is 21.5. The van der Waals surface area contributed by atoms with Gasteiger partial charge in [-0.15, -0.1) is 11.3 Å². The Kier molecular flexibility index (Phi) is 5.40. The molecule has 0 spiro atoms. The van der Waals surface area contributed by atoms with Crippen LogP contribution in [-0.2, 0) is 23.0 Å². The van der Waals surface area contributed by atoms with Gasteiger partial charge in [0.2, 0.25) is 10.0 Å². The van der Waals surface area contributed by atoms with Crippen LogP contribution < -0.4 is 5.32 Å². The predicted octanol–water partition coefficient (Wildman–Crippen LogP) is 3.42. The molecule has 0 saturated heterocycles. The number of benzene rings is 1. The number of amides is 1. The summed E-state index contributed by atoms with van der Waals surface area (Å²) in [7, 11) is -3.92. The predicted molar refractivity (Wildman–Crippen MR) is 114 cm³/mol. The molecule has 3 heterocycles. The quantitative estimate of drug-likeness (QED) is 0.456. The number of aryl methyl sites for hydroxylation is 1. The highest BCUT2D eigenvalue weighted by molar-refractivity contribution is 7.89. The highest BCUT2D eigenvalue weighted by Crippen LogP contribution is 2.33. The summed E-state index contributed by atoms with van der Waals surface area (Å²) in [6, 6.07) is 5.53. The molecule has 30 heavy (non-hydrogen) atoms. The fourth-order valence-electron chi connectivity index (χ4n) is 3.11. The molecule has 1 amide bonds. The van der Waals surface area contributed by atoms with Crippen molar-refractivity contribution in [2.75, 3.05) is 11.9 Å². The number of carbonyl (C=O) groups excluding carboxylic acids is 1. The van der Waals surface area contributed by atoms with Gasteiger partial charge in [-0.2, -0.15) is 15.6 Å². The molecular weight excluding hydrogens is 448 g/mol. The number of thiazole rings is 1. The molecule has 9 nitrogen and oxygen atoms in total. The van der Waals surface area contributed by atoms with Crippen molar-refractivity contribution in [1.29, 1.82) is 0 Å². The Morgan fingerprint density at radius 1 is 1.33 bits per heavy atom. The van der Waals surface area contributed by atoms with Gasteiger partial charge in [-0.05, 0) is 23.9 Å². The third-order valence-corrected chi connectivity index (χ3v) is 8.37. The molecule has 0 atom stereocenters. The van der Waals surface area contributed by atoms with Gasteiger partial charge in [0, 0.05) is 35.4 Å². The summed E-state index contributed by atoms with van der Waals surface area (Å²) in [6.07, 6.45) is 0.396. The van der Waals surface area contributed by atoms with E-state index < -0.39 is 14.9 Å². The number of carbonyl (C=O) groups is 1. The topological polar surface area (TPSA) is 123 Å². The van der Waals surface area contributed by atoms with Crippen LogP contribution in [0, 0.1) is 17.0 Å². The molecule has 0 aliphatic carbocycles. The van der Waals surface area contributed by atoms with Crippen LogP contribution in [0.2, 0.25) is 0 Å². The highest BCUT2D eigenvalue weighted by Gasteiger charge is 2.32. The van der Waals surface area contributed by atoms with E-state index in [9.17, 15) is 23.3 Å². The van der Waals surface area contributed by atoms with E-state index >= 15 is 0 Å². The summed E-state index contributed by atoms with van der Waals surface area (Å²) in [5, 5.41) is 17.8. The van der Waals surface area contributed by atoms with Crippen molar-refractivity contribution >= 4 is 49.4 Å². The Morgan fingerprint density at radius 2 is 2.13 bits per heavy atom. The van der Waals surface area contributed by atoms with E-state index in [1.807, 2.05) is 0 Å². The summed E-state index contributed by atoms with van der Waals surface area (Å²) in [6.45, 7) is 1.92. The van der Waals surface area contributed by atoms with Gasteiger partial charge < -0.3 is 0 Å². The first-order valence-corrected chi connectivity index (χ1v) is 12.0. The molecule has 156 valence electrons. The standard InChI is InChI=1S/C18H16N4O5S3/c1-11-2-3-13(22(24)25)8-16(11)30(26,27)21-6-4-14-15(9-21)29-18(19-14)20-17(23)12-5-7-28-10-12/h2-3,5,7-8,10H,4,6,9H2,1H3,(H,19,20,23). The minimum Gasteiger partial charge on any atom is -0.298 e. The molecule has 12 heteroatoms. The second-order valence-corrected chi connectivity index (χ2v) is 10.4. The maximum Gasteiger partial charge on any atom is 0.270 e. The zero-order valence-corrected chi connectivity index (χ0v) is 18.1. The van der Waals surface area contributed by atoms with Crippen LogP contribution >= 0.6 is 22.7 Å². The van der Waals surface area contributed by atoms with Crippen molar-refractivity contribution in [3.8, 4) is 0 Å². The molecule has 4 rings (SSSR count). The van der Waals surface area contributed by atoms with E-state index in [4.69, 9.17) is 0 Å². The summed E-state index contributed by atoms with van der Waals surface area (Å²) >= 11 is 2.65. The number of fused-ring (bicyclic) bond motifs is 1. The smallest absolute Gasteiger partial charge is 0.270 e. The molecule has 1 aromatic carbocycles. The normalized spacial score (nSPS) is 14.3. The molecule has 1 aliphatic rings. The Morgan fingerprint density at radius 3 is 2.83 bits per heavy atom. The third-order valence-electron chi connectivity index (χ3n) is 4.70. The van der Waals surface area contributed by atoms with E-state index in [2.05, 4.69) is 10.3 Å². The van der Waals surface area contributed by atoms with Crippen LogP contribution in [0.15, 0.2) is 39.9 Å². The van der Waals surface area contributed by atoms with Gasteiger partial charge in [0.25, 0.3) is 11.6 Å². The van der Waals surface area contributed by atoms with Gasteiger partial charge in [-0.1, -0.05) is 6.07 Å². The first kappa shape index (κ1) is 20.6. The van der Waals surface area contributed by atoms with Crippen LogP contribution in [0.3, 0.4) is 0 Å². The minimum atomic E-state index is -3.92. The fourth-order valence-corrected chi connectivity index (χ4v) is 6.50. The average molecular weight is 465 g/mol. The molecule has 0 fully saturated rings. The second kappa shape index (κ2) is 7.87. The van der Waals surface area contributed by atoms with Crippen molar-refractivity contribution in [2.45, 2.75) is 24.8 Å². The Bertz CT molecular complexity index is 1230. The maximum absolute atomic E-state index is 13.2. The minimum absolute atomic E-state index is 0.0735. The number of rotatable bonds is 5. The summed E-state index contributed by atoms with van der Waals surface area (Å²) in [5.74, 6) is -0.265. The number of sulfonamides is 1. The fraction of sp³-hybridized carbons (Fsp3) is 0.222. The molecule has 3 aromatic rings. The van der Waals surface area contributed by atoms with Gasteiger partial charge in [-0.3, -0.25) is 20.2 Å². The van der Waals surface area contributed by atoms with Gasteiger partial charge in [0.05, 0.1) is 27.6 Å². The summed E-state index contributed by atoms with van der Waals surface area (Å²) in [4.78, 5) is 27.8. The molecule has 0 saturated carbocycles. The third kappa shape index (κ3) is 3.86. The van der Waals surface area contributed by atoms with Gasteiger partial charge in [0.15, 0.2) is 5.13 Å². The number of hydrogen-bond donors (Lipinski definition) is 1. The van der Waals surface area contributed by atoms with E-state index in [1.165, 1.54) is 39.1 Å². The first-order chi connectivity index (χ1) is 14.3. The second-order valence-electron chi connectivity index (χ2n) is 6.65. The van der Waals surface area contributed by atoms with E-state index in [0.717, 1.165) is 16.6 Å². The van der Waals surface area contributed by atoms with Crippen molar-refractivity contribution in [2.24, 2.45) is 0 Å². The van der Waals surface area contributed by atoms with Crippen LogP contribution in [0.4, 0.5) is 10.8 Å². The number of nitro benzene ring substituents is 1. The Hall–Kier alpha value is -2.67. The number of aromatic nitrogens is 1. The van der Waals surface area contributed by atoms with Crippen molar-refractivity contribution < 1.29 is 18.1 Å². The van der Waals surface area contributed by atoms with Crippen LogP contribution in [0.5, 0.6) is 0 Å². The Labute approximate surface area is 180 Å². The van der Waals surface area contributed by atoms with Crippen LogP contribution in [-0.4, -0.2) is 35.1 Å². The lowest BCUT2D eigenvalue weighted by atomic mass is 10.2. The van der Waals surface area contributed by atoms with Gasteiger partial charge in [-0.25, -0.2) is 13.4 Å². The monoisotopic (exact) mass is 464 g/mol. The highest BCUT2D eigenvalue weighted by atomic mass is 32.2. The molecule has 1 aliphatic heterocycles. The lowest BCUT2D eigenvalue weighted by Crippen LogP contribution is -2.35. The molecular formula is C18H16N4O5S3. The molecule has 0 bridgehead atoms. The number of thiophene rings is 1. The maximum atomic E-state index is 13.2. The van der Waals surface area contributed by atoms with Crippen molar-refractivity contribution in [3.63, 3.8) is 0 Å². The summed E-state index contributed by atoms with van der Waals surface area (Å²) < 4.78 is 27.6. The summed E-state index contributed by atoms with van der Waals surface area (Å²) in [5.41, 5.74) is 1.47. The molecule has 0 radical (unpaired) electrons. The molecule has 2 aromatic heterocycles. The lowest BCUT2D eigenvalue weighted by Gasteiger charge is -2.25. The lowest BCUT2D eigenvalue weighted by molar-refractivity contribution is -0.385.